The van der Waals surface area contributed by atoms with E-state index in [0.717, 1.165) is 11.5 Å². The van der Waals surface area contributed by atoms with Crippen molar-refractivity contribution in [3.05, 3.63) is 17.6 Å². The van der Waals surface area contributed by atoms with Gasteiger partial charge in [0.05, 0.1) is 12.8 Å². The predicted octanol–water partition coefficient (Wildman–Crippen LogP) is 2.28. The Kier molecular flexibility index (Phi) is 5.07. The van der Waals surface area contributed by atoms with Gasteiger partial charge in [-0.1, -0.05) is 27.7 Å². The number of carbonyl (C=O) groups excluding carboxylic acids is 1. The summed E-state index contributed by atoms with van der Waals surface area (Å²) in [6.45, 7) is 8.00. The second kappa shape index (κ2) is 6.33. The summed E-state index contributed by atoms with van der Waals surface area (Å²) in [6.07, 6.45) is 0. The van der Waals surface area contributed by atoms with Crippen LogP contribution in [-0.4, -0.2) is 29.7 Å². The average Bonchev–Trinajstić information content (AvgIpc) is 2.35. The van der Waals surface area contributed by atoms with Gasteiger partial charge in [-0.05, 0) is 5.92 Å². The minimum Gasteiger partial charge on any atom is -0.466 e. The Labute approximate surface area is 108 Å². The molecule has 0 bridgehead atoms. The second-order valence-corrected chi connectivity index (χ2v) is 4.66. The van der Waals surface area contributed by atoms with Gasteiger partial charge in [0.2, 0.25) is 5.88 Å². The highest BCUT2D eigenvalue weighted by molar-refractivity contribution is 5.70. The van der Waals surface area contributed by atoms with Crippen molar-refractivity contribution < 1.29 is 14.3 Å². The predicted molar refractivity (Wildman–Crippen MR) is 67.7 cm³/mol. The third kappa shape index (κ3) is 3.98. The van der Waals surface area contributed by atoms with E-state index in [0.29, 0.717) is 5.88 Å². The van der Waals surface area contributed by atoms with Gasteiger partial charge in [-0.15, -0.1) is 0 Å². The van der Waals surface area contributed by atoms with Crippen molar-refractivity contribution in [2.24, 2.45) is 0 Å². The number of ether oxygens (including phenoxy) is 2. The van der Waals surface area contributed by atoms with Crippen LogP contribution in [0.4, 0.5) is 0 Å². The molecule has 0 aliphatic heterocycles. The lowest BCUT2D eigenvalue weighted by molar-refractivity contribution is -0.143. The van der Waals surface area contributed by atoms with Gasteiger partial charge in [0, 0.05) is 12.0 Å². The van der Waals surface area contributed by atoms with Gasteiger partial charge in [0.1, 0.15) is 5.82 Å². The van der Waals surface area contributed by atoms with Gasteiger partial charge in [0.15, 0.2) is 6.61 Å². The fourth-order valence-electron chi connectivity index (χ4n) is 1.28. The first-order valence-electron chi connectivity index (χ1n) is 6.02. The molecule has 0 saturated heterocycles. The number of nitrogens with zero attached hydrogens (tertiary/aromatic N) is 2. The molecule has 0 fully saturated rings. The lowest BCUT2D eigenvalue weighted by Crippen LogP contribution is -2.14. The lowest BCUT2D eigenvalue weighted by Gasteiger charge is -2.12. The molecule has 5 heteroatoms. The standard InChI is InChI=1S/C13H20N2O3/c1-8(2)10-6-11(18-7-12(16)17-5)15-13(14-10)9(3)4/h6,8-9H,7H2,1-5H3. The molecule has 0 atom stereocenters. The maximum absolute atomic E-state index is 11.0. The Bertz CT molecular complexity index is 390. The molecule has 0 saturated carbocycles. The van der Waals surface area contributed by atoms with Crippen molar-refractivity contribution >= 4 is 5.97 Å². The third-order valence-corrected chi connectivity index (χ3v) is 2.41. The van der Waals surface area contributed by atoms with Crippen LogP contribution in [-0.2, 0) is 9.53 Å². The normalized spacial score (nSPS) is 10.8. The van der Waals surface area contributed by atoms with Crippen LogP contribution in [0.5, 0.6) is 5.88 Å². The van der Waals surface area contributed by atoms with E-state index in [1.54, 1.807) is 6.07 Å². The molecule has 0 spiro atoms. The molecular weight excluding hydrogens is 232 g/mol. The summed E-state index contributed by atoms with van der Waals surface area (Å²) in [4.78, 5) is 19.8. The number of rotatable bonds is 5. The molecule has 0 aliphatic carbocycles. The Balaban J connectivity index is 2.92. The average molecular weight is 252 g/mol. The second-order valence-electron chi connectivity index (χ2n) is 4.66. The highest BCUT2D eigenvalue weighted by Crippen LogP contribution is 2.20. The molecule has 1 rings (SSSR count). The minimum absolute atomic E-state index is 0.136. The maximum Gasteiger partial charge on any atom is 0.343 e. The Morgan fingerprint density at radius 3 is 2.39 bits per heavy atom. The van der Waals surface area contributed by atoms with E-state index in [4.69, 9.17) is 4.74 Å². The van der Waals surface area contributed by atoms with Crippen LogP contribution in [0.1, 0.15) is 51.0 Å². The summed E-state index contributed by atoms with van der Waals surface area (Å²) in [5.74, 6) is 1.21. The van der Waals surface area contributed by atoms with Crippen molar-refractivity contribution in [1.82, 2.24) is 9.97 Å². The SMILES string of the molecule is COC(=O)COc1cc(C(C)C)nc(C(C)C)n1. The van der Waals surface area contributed by atoms with Crippen molar-refractivity contribution in [2.45, 2.75) is 39.5 Å². The van der Waals surface area contributed by atoms with Crippen molar-refractivity contribution in [1.29, 1.82) is 0 Å². The van der Waals surface area contributed by atoms with Gasteiger partial charge >= 0.3 is 5.97 Å². The van der Waals surface area contributed by atoms with E-state index < -0.39 is 5.97 Å². The number of carbonyl (C=O) groups is 1. The third-order valence-electron chi connectivity index (χ3n) is 2.41. The summed E-state index contributed by atoms with van der Waals surface area (Å²) in [7, 11) is 1.32. The van der Waals surface area contributed by atoms with Crippen LogP contribution in [0.3, 0.4) is 0 Å². The lowest BCUT2D eigenvalue weighted by atomic mass is 10.1. The Morgan fingerprint density at radius 1 is 1.22 bits per heavy atom. The molecule has 5 nitrogen and oxygen atoms in total. The smallest absolute Gasteiger partial charge is 0.343 e. The van der Waals surface area contributed by atoms with E-state index in [9.17, 15) is 4.79 Å². The van der Waals surface area contributed by atoms with E-state index in [1.807, 2.05) is 13.8 Å². The minimum atomic E-state index is -0.425. The Hall–Kier alpha value is -1.65. The van der Waals surface area contributed by atoms with Gasteiger partial charge < -0.3 is 9.47 Å². The first-order chi connectivity index (χ1) is 8.43. The van der Waals surface area contributed by atoms with Crippen molar-refractivity contribution in [3.63, 3.8) is 0 Å². The monoisotopic (exact) mass is 252 g/mol. The van der Waals surface area contributed by atoms with Gasteiger partial charge in [-0.2, -0.15) is 4.98 Å². The van der Waals surface area contributed by atoms with Gasteiger partial charge in [-0.25, -0.2) is 9.78 Å². The van der Waals surface area contributed by atoms with E-state index >= 15 is 0 Å². The number of aromatic nitrogens is 2. The molecule has 0 aliphatic rings. The van der Waals surface area contributed by atoms with E-state index in [-0.39, 0.29) is 18.4 Å². The molecular formula is C13H20N2O3. The fraction of sp³-hybridized carbons (Fsp3) is 0.615. The van der Waals surface area contributed by atoms with Gasteiger partial charge in [0.25, 0.3) is 0 Å². The van der Waals surface area contributed by atoms with Crippen LogP contribution in [0.15, 0.2) is 6.07 Å². The fourth-order valence-corrected chi connectivity index (χ4v) is 1.28. The highest BCUT2D eigenvalue weighted by Gasteiger charge is 2.12. The number of esters is 1. The highest BCUT2D eigenvalue weighted by atomic mass is 16.6. The molecule has 1 aromatic heterocycles. The topological polar surface area (TPSA) is 61.3 Å². The zero-order valence-corrected chi connectivity index (χ0v) is 11.6. The van der Waals surface area contributed by atoms with Crippen LogP contribution < -0.4 is 4.74 Å². The summed E-state index contributed by atoms with van der Waals surface area (Å²) >= 11 is 0. The first-order valence-corrected chi connectivity index (χ1v) is 6.02. The van der Waals surface area contributed by atoms with E-state index in [2.05, 4.69) is 28.6 Å². The molecule has 0 radical (unpaired) electrons. The molecule has 100 valence electrons. The van der Waals surface area contributed by atoms with Crippen LogP contribution in [0.2, 0.25) is 0 Å². The summed E-state index contributed by atoms with van der Waals surface area (Å²) in [5.41, 5.74) is 0.911. The van der Waals surface area contributed by atoms with E-state index in [1.165, 1.54) is 7.11 Å². The molecule has 18 heavy (non-hydrogen) atoms. The molecule has 0 unspecified atom stereocenters. The first kappa shape index (κ1) is 14.4. The molecule has 0 N–H and O–H groups in total. The molecule has 0 aromatic carbocycles. The summed E-state index contributed by atoms with van der Waals surface area (Å²) in [6, 6.07) is 1.76. The molecule has 1 aromatic rings. The quantitative estimate of drug-likeness (QED) is 0.752. The zero-order valence-electron chi connectivity index (χ0n) is 11.6. The van der Waals surface area contributed by atoms with Gasteiger partial charge in [-0.3, -0.25) is 0 Å². The molecule has 1 heterocycles. The molecule has 0 amide bonds. The number of methoxy groups -OCH3 is 1. The maximum atomic E-state index is 11.0. The number of hydrogen-bond donors (Lipinski definition) is 0. The largest absolute Gasteiger partial charge is 0.466 e. The summed E-state index contributed by atoms with van der Waals surface area (Å²) < 4.78 is 9.83. The van der Waals surface area contributed by atoms with Crippen LogP contribution in [0, 0.1) is 0 Å². The zero-order chi connectivity index (χ0) is 13.7. The van der Waals surface area contributed by atoms with Crippen molar-refractivity contribution in [2.75, 3.05) is 13.7 Å². The Morgan fingerprint density at radius 2 is 1.89 bits per heavy atom. The number of hydrogen-bond acceptors (Lipinski definition) is 5. The van der Waals surface area contributed by atoms with Crippen LogP contribution >= 0.6 is 0 Å². The summed E-state index contributed by atoms with van der Waals surface area (Å²) in [5, 5.41) is 0. The van der Waals surface area contributed by atoms with Crippen LogP contribution in [0.25, 0.3) is 0 Å². The van der Waals surface area contributed by atoms with Crippen molar-refractivity contribution in [3.8, 4) is 5.88 Å².